The van der Waals surface area contributed by atoms with Crippen LogP contribution in [0, 0.1) is 5.82 Å². The molecule has 1 aliphatic rings. The summed E-state index contributed by atoms with van der Waals surface area (Å²) < 4.78 is 16.7. The number of carbonyl (C=O) groups excluding carboxylic acids is 2. The van der Waals surface area contributed by atoms with Crippen LogP contribution < -0.4 is 5.32 Å². The normalized spacial score (nSPS) is 16.0. The van der Waals surface area contributed by atoms with Crippen molar-refractivity contribution in [2.45, 2.75) is 0 Å². The van der Waals surface area contributed by atoms with E-state index in [1.165, 1.54) is 17.0 Å². The smallest absolute Gasteiger partial charge is 0.266 e. The lowest BCUT2D eigenvalue weighted by Gasteiger charge is -2.12. The van der Waals surface area contributed by atoms with Crippen molar-refractivity contribution in [1.29, 1.82) is 0 Å². The van der Waals surface area contributed by atoms with Crippen LogP contribution in [0.25, 0.3) is 6.08 Å². The molecule has 1 saturated heterocycles. The lowest BCUT2D eigenvalue weighted by Crippen LogP contribution is -2.36. The van der Waals surface area contributed by atoms with Crippen LogP contribution in [0.3, 0.4) is 0 Å². The quantitative estimate of drug-likeness (QED) is 0.639. The SMILES string of the molecule is O=C(CN1C(=O)/C(=C/c2ccc(F)cc2)SC1=S)Nc1nnns1. The zero-order valence-corrected chi connectivity index (χ0v) is 14.3. The first-order chi connectivity index (χ1) is 11.5. The Morgan fingerprint density at radius 2 is 2.12 bits per heavy atom. The van der Waals surface area contributed by atoms with E-state index in [1.54, 1.807) is 18.2 Å². The van der Waals surface area contributed by atoms with Crippen molar-refractivity contribution < 1.29 is 14.0 Å². The summed E-state index contributed by atoms with van der Waals surface area (Å²) >= 11 is 7.16. The summed E-state index contributed by atoms with van der Waals surface area (Å²) in [6.45, 7) is -0.231. The van der Waals surface area contributed by atoms with E-state index in [-0.39, 0.29) is 27.7 Å². The molecular formula is C13H8FN5O2S3. The van der Waals surface area contributed by atoms with Crippen molar-refractivity contribution in [2.75, 3.05) is 11.9 Å². The Bertz CT molecular complexity index is 823. The average Bonchev–Trinajstić information content (AvgIpc) is 3.14. The number of thiocarbonyl (C=S) groups is 1. The summed E-state index contributed by atoms with van der Waals surface area (Å²) in [7, 11) is 0. The van der Waals surface area contributed by atoms with Gasteiger partial charge in [0.25, 0.3) is 5.91 Å². The van der Waals surface area contributed by atoms with E-state index in [1.807, 2.05) is 0 Å². The molecule has 0 bridgehead atoms. The molecule has 0 saturated carbocycles. The van der Waals surface area contributed by atoms with Gasteiger partial charge in [0.05, 0.1) is 4.91 Å². The van der Waals surface area contributed by atoms with Gasteiger partial charge in [-0.1, -0.05) is 45.7 Å². The minimum absolute atomic E-state index is 0.231. The highest BCUT2D eigenvalue weighted by molar-refractivity contribution is 8.26. The van der Waals surface area contributed by atoms with Gasteiger partial charge in [0.2, 0.25) is 11.0 Å². The highest BCUT2D eigenvalue weighted by Crippen LogP contribution is 2.32. The molecule has 122 valence electrons. The number of carbonyl (C=O) groups is 2. The molecule has 0 radical (unpaired) electrons. The van der Waals surface area contributed by atoms with Gasteiger partial charge < -0.3 is 0 Å². The Balaban J connectivity index is 1.69. The molecule has 24 heavy (non-hydrogen) atoms. The van der Waals surface area contributed by atoms with E-state index in [0.717, 1.165) is 23.3 Å². The molecule has 11 heteroatoms. The minimum atomic E-state index is -0.451. The summed E-state index contributed by atoms with van der Waals surface area (Å²) in [5.74, 6) is -1.18. The van der Waals surface area contributed by atoms with Gasteiger partial charge in [0, 0.05) is 11.5 Å². The molecule has 1 aliphatic heterocycles. The fraction of sp³-hybridized carbons (Fsp3) is 0.0769. The molecule has 0 aliphatic carbocycles. The van der Waals surface area contributed by atoms with Gasteiger partial charge in [0.1, 0.15) is 16.7 Å². The standard InChI is InChI=1S/C13H8FN5O2S3/c14-8-3-1-7(2-4-8)5-9-11(21)19(13(22)23-9)6-10(20)15-12-16-17-18-24-12/h1-5H,6H2,(H,15,16,18,20)/b9-5-. The second kappa shape index (κ2) is 7.11. The van der Waals surface area contributed by atoms with Crippen LogP contribution in [0.2, 0.25) is 0 Å². The zero-order chi connectivity index (χ0) is 17.1. The summed E-state index contributed by atoms with van der Waals surface area (Å²) in [4.78, 5) is 25.9. The van der Waals surface area contributed by atoms with E-state index >= 15 is 0 Å². The highest BCUT2D eigenvalue weighted by atomic mass is 32.2. The number of benzene rings is 1. The third-order valence-electron chi connectivity index (χ3n) is 2.89. The van der Waals surface area contributed by atoms with Crippen LogP contribution in [0.4, 0.5) is 9.52 Å². The molecule has 1 N–H and O–H groups in total. The van der Waals surface area contributed by atoms with E-state index < -0.39 is 5.91 Å². The molecule has 0 unspecified atom stereocenters. The molecule has 7 nitrogen and oxygen atoms in total. The van der Waals surface area contributed by atoms with Gasteiger partial charge in [-0.25, -0.2) is 4.39 Å². The maximum absolute atomic E-state index is 12.9. The van der Waals surface area contributed by atoms with Crippen LogP contribution in [-0.4, -0.2) is 42.4 Å². The minimum Gasteiger partial charge on any atom is -0.298 e. The molecule has 3 rings (SSSR count). The number of nitrogens with one attached hydrogen (secondary N) is 1. The van der Waals surface area contributed by atoms with E-state index in [2.05, 4.69) is 20.1 Å². The fourth-order valence-electron chi connectivity index (χ4n) is 1.83. The lowest BCUT2D eigenvalue weighted by atomic mass is 10.2. The second-order valence-electron chi connectivity index (χ2n) is 4.54. The Morgan fingerprint density at radius 1 is 1.38 bits per heavy atom. The molecule has 1 fully saturated rings. The van der Waals surface area contributed by atoms with Crippen molar-refractivity contribution in [2.24, 2.45) is 0 Å². The Kier molecular flexibility index (Phi) is 4.92. The second-order valence-corrected chi connectivity index (χ2v) is 6.94. The predicted molar refractivity (Wildman–Crippen MR) is 92.6 cm³/mol. The fourth-order valence-corrected chi connectivity index (χ4v) is 3.47. The van der Waals surface area contributed by atoms with Crippen LogP contribution in [0.5, 0.6) is 0 Å². The molecule has 1 aromatic carbocycles. The molecule has 2 aromatic rings. The van der Waals surface area contributed by atoms with Gasteiger partial charge in [-0.05, 0) is 29.0 Å². The number of thioether (sulfide) groups is 1. The third kappa shape index (κ3) is 3.80. The first-order valence-corrected chi connectivity index (χ1v) is 8.48. The number of halogens is 1. The Labute approximate surface area is 149 Å². The summed E-state index contributed by atoms with van der Waals surface area (Å²) in [6, 6.07) is 5.71. The Morgan fingerprint density at radius 3 is 2.79 bits per heavy atom. The number of rotatable bonds is 4. The summed E-state index contributed by atoms with van der Waals surface area (Å²) in [6.07, 6.45) is 1.60. The van der Waals surface area contributed by atoms with Crippen LogP contribution in [0.15, 0.2) is 29.2 Å². The van der Waals surface area contributed by atoms with Crippen LogP contribution >= 0.6 is 35.5 Å². The van der Waals surface area contributed by atoms with Gasteiger partial charge in [0.15, 0.2) is 0 Å². The van der Waals surface area contributed by atoms with Crippen molar-refractivity contribution in [1.82, 2.24) is 19.7 Å². The number of amides is 2. The van der Waals surface area contributed by atoms with Crippen LogP contribution in [-0.2, 0) is 9.59 Å². The zero-order valence-electron chi connectivity index (χ0n) is 11.8. The van der Waals surface area contributed by atoms with Crippen molar-refractivity contribution >= 4 is 62.9 Å². The molecular weight excluding hydrogens is 373 g/mol. The number of hydrogen-bond acceptors (Lipinski definition) is 8. The number of hydrogen-bond donors (Lipinski definition) is 1. The van der Waals surface area contributed by atoms with Crippen molar-refractivity contribution in [3.63, 3.8) is 0 Å². The van der Waals surface area contributed by atoms with Gasteiger partial charge in [-0.3, -0.25) is 19.8 Å². The molecule has 0 atom stereocenters. The van der Waals surface area contributed by atoms with E-state index in [4.69, 9.17) is 12.2 Å². The molecule has 0 spiro atoms. The lowest BCUT2D eigenvalue weighted by molar-refractivity contribution is -0.126. The molecule has 2 amide bonds. The maximum Gasteiger partial charge on any atom is 0.266 e. The predicted octanol–water partition coefficient (Wildman–Crippen LogP) is 1.91. The topological polar surface area (TPSA) is 88.1 Å². The first-order valence-electron chi connectivity index (χ1n) is 6.49. The van der Waals surface area contributed by atoms with Crippen molar-refractivity contribution in [3.8, 4) is 0 Å². The monoisotopic (exact) mass is 381 g/mol. The van der Waals surface area contributed by atoms with Gasteiger partial charge in [-0.15, -0.1) is 0 Å². The third-order valence-corrected chi connectivity index (χ3v) is 4.78. The number of aromatic nitrogens is 3. The highest BCUT2D eigenvalue weighted by Gasteiger charge is 2.33. The van der Waals surface area contributed by atoms with Crippen molar-refractivity contribution in [3.05, 3.63) is 40.6 Å². The first kappa shape index (κ1) is 16.6. The summed E-state index contributed by atoms with van der Waals surface area (Å²) in [5, 5.41) is 9.67. The maximum atomic E-state index is 12.9. The van der Waals surface area contributed by atoms with Crippen LogP contribution in [0.1, 0.15) is 5.56 Å². The number of anilines is 1. The average molecular weight is 381 g/mol. The number of nitrogens with zero attached hydrogens (tertiary/aromatic N) is 4. The molecule has 2 heterocycles. The van der Waals surface area contributed by atoms with E-state index in [0.29, 0.717) is 10.5 Å². The Hall–Kier alpha value is -2.24. The van der Waals surface area contributed by atoms with Gasteiger partial charge in [-0.2, -0.15) is 0 Å². The summed E-state index contributed by atoms with van der Waals surface area (Å²) in [5.41, 5.74) is 0.668. The molecule has 1 aromatic heterocycles. The largest absolute Gasteiger partial charge is 0.298 e. The van der Waals surface area contributed by atoms with E-state index in [9.17, 15) is 14.0 Å². The van der Waals surface area contributed by atoms with Gasteiger partial charge >= 0.3 is 0 Å².